The van der Waals surface area contributed by atoms with Gasteiger partial charge in [0.25, 0.3) is 11.6 Å². The molecule has 0 spiro atoms. The Labute approximate surface area is 155 Å². The number of ether oxygens (including phenoxy) is 1. The fourth-order valence-electron chi connectivity index (χ4n) is 2.20. The van der Waals surface area contributed by atoms with Crippen LogP contribution < -0.4 is 10.1 Å². The van der Waals surface area contributed by atoms with E-state index in [4.69, 9.17) is 0 Å². The molecule has 138 valence electrons. The van der Waals surface area contributed by atoms with Gasteiger partial charge in [0.2, 0.25) is 0 Å². The van der Waals surface area contributed by atoms with Gasteiger partial charge in [-0.25, -0.2) is 4.98 Å². The summed E-state index contributed by atoms with van der Waals surface area (Å²) in [6.45, 7) is -2.90. The highest BCUT2D eigenvalue weighted by molar-refractivity contribution is 7.14. The first-order valence-electron chi connectivity index (χ1n) is 7.49. The van der Waals surface area contributed by atoms with E-state index < -0.39 is 17.4 Å². The highest BCUT2D eigenvalue weighted by atomic mass is 32.1. The lowest BCUT2D eigenvalue weighted by atomic mass is 10.2. The molecule has 0 atom stereocenters. The molecule has 1 heterocycles. The van der Waals surface area contributed by atoms with Crippen LogP contribution in [0.3, 0.4) is 0 Å². The van der Waals surface area contributed by atoms with Crippen molar-refractivity contribution in [2.24, 2.45) is 0 Å². The zero-order chi connectivity index (χ0) is 19.4. The Balaban J connectivity index is 1.71. The van der Waals surface area contributed by atoms with Crippen molar-refractivity contribution in [2.45, 2.75) is 6.61 Å². The molecule has 1 amide bonds. The maximum atomic E-state index is 12.2. The van der Waals surface area contributed by atoms with Crippen LogP contribution in [0.15, 0.2) is 53.9 Å². The number of aromatic nitrogens is 1. The van der Waals surface area contributed by atoms with Crippen molar-refractivity contribution in [2.75, 3.05) is 5.32 Å². The summed E-state index contributed by atoms with van der Waals surface area (Å²) in [7, 11) is 0. The maximum absolute atomic E-state index is 12.2. The number of benzene rings is 2. The van der Waals surface area contributed by atoms with Crippen molar-refractivity contribution >= 4 is 28.1 Å². The van der Waals surface area contributed by atoms with Gasteiger partial charge in [0, 0.05) is 28.6 Å². The van der Waals surface area contributed by atoms with Crippen LogP contribution in [0.1, 0.15) is 10.4 Å². The third-order valence-corrected chi connectivity index (χ3v) is 4.18. The minimum Gasteiger partial charge on any atom is -0.435 e. The molecular formula is C17H11F2N3O4S. The molecule has 0 unspecified atom stereocenters. The van der Waals surface area contributed by atoms with Gasteiger partial charge >= 0.3 is 6.61 Å². The monoisotopic (exact) mass is 391 g/mol. The summed E-state index contributed by atoms with van der Waals surface area (Å²) in [6.07, 6.45) is 0. The summed E-state index contributed by atoms with van der Waals surface area (Å²) >= 11 is 1.16. The molecule has 1 N–H and O–H groups in total. The summed E-state index contributed by atoms with van der Waals surface area (Å²) < 4.78 is 28.6. The van der Waals surface area contributed by atoms with Gasteiger partial charge in [0.15, 0.2) is 5.13 Å². The number of anilines is 1. The summed E-state index contributed by atoms with van der Waals surface area (Å²) in [4.78, 5) is 26.7. The van der Waals surface area contributed by atoms with Crippen LogP contribution in [0.5, 0.6) is 5.75 Å². The number of amides is 1. The second-order valence-electron chi connectivity index (χ2n) is 5.20. The van der Waals surface area contributed by atoms with Crippen LogP contribution >= 0.6 is 11.3 Å². The van der Waals surface area contributed by atoms with Crippen molar-refractivity contribution in [1.29, 1.82) is 0 Å². The second kappa shape index (κ2) is 7.87. The number of halogens is 2. The van der Waals surface area contributed by atoms with E-state index in [-0.39, 0.29) is 17.0 Å². The van der Waals surface area contributed by atoms with Gasteiger partial charge in [-0.2, -0.15) is 8.78 Å². The van der Waals surface area contributed by atoms with Crippen molar-refractivity contribution in [3.8, 4) is 17.0 Å². The van der Waals surface area contributed by atoms with Crippen molar-refractivity contribution in [3.05, 3.63) is 69.6 Å². The zero-order valence-electron chi connectivity index (χ0n) is 13.5. The molecule has 0 saturated heterocycles. The third kappa shape index (κ3) is 4.61. The number of rotatable bonds is 6. The fourth-order valence-corrected chi connectivity index (χ4v) is 2.92. The van der Waals surface area contributed by atoms with Crippen LogP contribution in [0.4, 0.5) is 19.6 Å². The normalized spacial score (nSPS) is 10.6. The minimum absolute atomic E-state index is 0.0307. The molecule has 10 heteroatoms. The van der Waals surface area contributed by atoms with Crippen molar-refractivity contribution < 1.29 is 23.2 Å². The SMILES string of the molecule is O=C(Nc1nc(-c2ccc(OC(F)F)cc2)cs1)c1cccc([N+](=O)[O-])c1. The Bertz CT molecular complexity index is 976. The number of thiazole rings is 1. The molecule has 0 fully saturated rings. The molecule has 0 saturated carbocycles. The van der Waals surface area contributed by atoms with E-state index in [0.717, 1.165) is 11.3 Å². The number of nitro groups is 1. The van der Waals surface area contributed by atoms with Crippen LogP contribution in [0.25, 0.3) is 11.3 Å². The molecule has 0 aliphatic heterocycles. The largest absolute Gasteiger partial charge is 0.435 e. The number of carbonyl (C=O) groups is 1. The summed E-state index contributed by atoms with van der Waals surface area (Å²) in [6, 6.07) is 11.3. The number of non-ortho nitro benzene ring substituents is 1. The van der Waals surface area contributed by atoms with Crippen LogP contribution in [0.2, 0.25) is 0 Å². The molecule has 3 aromatic rings. The highest BCUT2D eigenvalue weighted by Crippen LogP contribution is 2.27. The quantitative estimate of drug-likeness (QED) is 0.491. The standard InChI is InChI=1S/C17H11F2N3O4S/c18-16(19)26-13-6-4-10(5-7-13)14-9-27-17(20-14)21-15(23)11-2-1-3-12(8-11)22(24)25/h1-9,16H,(H,20,21,23). The molecule has 1 aromatic heterocycles. The molecule has 0 bridgehead atoms. The molecule has 27 heavy (non-hydrogen) atoms. The van der Waals surface area contributed by atoms with Gasteiger partial charge in [-0.05, 0) is 30.3 Å². The van der Waals surface area contributed by atoms with Gasteiger partial charge < -0.3 is 4.74 Å². The van der Waals surface area contributed by atoms with Gasteiger partial charge in [0.05, 0.1) is 10.6 Å². The van der Waals surface area contributed by atoms with Gasteiger partial charge in [-0.1, -0.05) is 6.07 Å². The number of alkyl halides is 2. The number of hydrogen-bond donors (Lipinski definition) is 1. The zero-order valence-corrected chi connectivity index (χ0v) is 14.3. The predicted octanol–water partition coefficient (Wildman–Crippen LogP) is 4.57. The van der Waals surface area contributed by atoms with Crippen LogP contribution in [0, 0.1) is 10.1 Å². The van der Waals surface area contributed by atoms with Crippen LogP contribution in [-0.4, -0.2) is 22.4 Å². The molecule has 0 radical (unpaired) electrons. The summed E-state index contributed by atoms with van der Waals surface area (Å²) in [5, 5.41) is 15.4. The minimum atomic E-state index is -2.90. The topological polar surface area (TPSA) is 94.4 Å². The second-order valence-corrected chi connectivity index (χ2v) is 6.06. The average Bonchev–Trinajstić information content (AvgIpc) is 3.10. The van der Waals surface area contributed by atoms with Gasteiger partial charge in [0.1, 0.15) is 5.75 Å². The Hall–Kier alpha value is -3.40. The number of nitrogens with zero attached hydrogens (tertiary/aromatic N) is 2. The van der Waals surface area contributed by atoms with Crippen molar-refractivity contribution in [1.82, 2.24) is 4.98 Å². The molecule has 7 nitrogen and oxygen atoms in total. The molecule has 0 aliphatic carbocycles. The summed E-state index contributed by atoms with van der Waals surface area (Å²) in [5.41, 5.74) is 1.14. The molecule has 2 aromatic carbocycles. The van der Waals surface area contributed by atoms with Gasteiger partial charge in [-0.3, -0.25) is 20.2 Å². The Kier molecular flexibility index (Phi) is 5.36. The van der Waals surface area contributed by atoms with E-state index in [9.17, 15) is 23.7 Å². The molecular weight excluding hydrogens is 380 g/mol. The fraction of sp³-hybridized carbons (Fsp3) is 0.0588. The number of nitrogens with one attached hydrogen (secondary N) is 1. The number of nitro benzene ring substituents is 1. The van der Waals surface area contributed by atoms with E-state index in [1.807, 2.05) is 0 Å². The lowest BCUT2D eigenvalue weighted by molar-refractivity contribution is -0.384. The Morgan fingerprint density at radius 1 is 1.22 bits per heavy atom. The number of carbonyl (C=O) groups excluding carboxylic acids is 1. The highest BCUT2D eigenvalue weighted by Gasteiger charge is 2.14. The number of hydrogen-bond acceptors (Lipinski definition) is 6. The lowest BCUT2D eigenvalue weighted by Gasteiger charge is -2.04. The van der Waals surface area contributed by atoms with Crippen molar-refractivity contribution in [3.63, 3.8) is 0 Å². The van der Waals surface area contributed by atoms with Gasteiger partial charge in [-0.15, -0.1) is 11.3 Å². The first kappa shape index (κ1) is 18.4. The van der Waals surface area contributed by atoms with E-state index >= 15 is 0 Å². The van der Waals surface area contributed by atoms with E-state index in [0.29, 0.717) is 16.4 Å². The lowest BCUT2D eigenvalue weighted by Crippen LogP contribution is -2.11. The Morgan fingerprint density at radius 3 is 2.63 bits per heavy atom. The molecule has 3 rings (SSSR count). The van der Waals surface area contributed by atoms with Crippen LogP contribution in [-0.2, 0) is 0 Å². The Morgan fingerprint density at radius 2 is 1.96 bits per heavy atom. The van der Waals surface area contributed by atoms with E-state index in [1.54, 1.807) is 17.5 Å². The average molecular weight is 391 g/mol. The van der Waals surface area contributed by atoms with E-state index in [1.165, 1.54) is 36.4 Å². The third-order valence-electron chi connectivity index (χ3n) is 3.42. The first-order valence-corrected chi connectivity index (χ1v) is 8.37. The molecule has 0 aliphatic rings. The predicted molar refractivity (Wildman–Crippen MR) is 95.2 cm³/mol. The smallest absolute Gasteiger partial charge is 0.387 e. The van der Waals surface area contributed by atoms with E-state index in [2.05, 4.69) is 15.0 Å². The first-order chi connectivity index (χ1) is 12.9. The maximum Gasteiger partial charge on any atom is 0.387 e. The summed E-state index contributed by atoms with van der Waals surface area (Å²) in [5.74, 6) is -0.497.